The molecule has 1 saturated carbocycles. The normalized spacial score (nSPS) is 42.5. The third-order valence-electron chi connectivity index (χ3n) is 5.94. The Morgan fingerprint density at radius 3 is 2.50 bits per heavy atom. The molecule has 2 aliphatic heterocycles. The Morgan fingerprint density at radius 1 is 1.15 bits per heavy atom. The van der Waals surface area contributed by atoms with Gasteiger partial charge in [-0.1, -0.05) is 6.42 Å². The largest absolute Gasteiger partial charge is 0.391 e. The third-order valence-corrected chi connectivity index (χ3v) is 5.94. The van der Waals surface area contributed by atoms with Crippen molar-refractivity contribution < 1.29 is 9.90 Å². The molecule has 4 atom stereocenters. The summed E-state index contributed by atoms with van der Waals surface area (Å²) in [5, 5.41) is 10.3. The second kappa shape index (κ2) is 5.30. The summed E-state index contributed by atoms with van der Waals surface area (Å²) >= 11 is 0. The van der Waals surface area contributed by atoms with Crippen LogP contribution in [0.4, 0.5) is 0 Å². The molecule has 0 radical (unpaired) electrons. The van der Waals surface area contributed by atoms with Crippen LogP contribution in [-0.2, 0) is 4.79 Å². The highest BCUT2D eigenvalue weighted by atomic mass is 16.3. The number of likely N-dealkylation sites (tertiary alicyclic amines) is 2. The SMILES string of the molecule is CN1[C@@H]2[C@@H](CCC[C@@H]2O)C[C@@]1(C)C(=O)N1CCCCC1. The number of nitrogens with zero attached hydrogens (tertiary/aromatic N) is 2. The summed E-state index contributed by atoms with van der Waals surface area (Å²) < 4.78 is 0. The third kappa shape index (κ3) is 2.17. The quantitative estimate of drug-likeness (QED) is 0.794. The number of hydrogen-bond donors (Lipinski definition) is 1. The molecule has 0 aromatic heterocycles. The molecular formula is C16H28N2O2. The zero-order valence-electron chi connectivity index (χ0n) is 12.8. The van der Waals surface area contributed by atoms with Crippen LogP contribution in [0.2, 0.25) is 0 Å². The number of hydrogen-bond acceptors (Lipinski definition) is 3. The Kier molecular flexibility index (Phi) is 3.80. The van der Waals surface area contributed by atoms with E-state index in [-0.39, 0.29) is 12.1 Å². The zero-order chi connectivity index (χ0) is 14.3. The van der Waals surface area contributed by atoms with Crippen LogP contribution >= 0.6 is 0 Å². The Bertz CT molecular complexity index is 381. The predicted octanol–water partition coefficient (Wildman–Crippen LogP) is 1.62. The molecule has 0 aromatic carbocycles. The molecule has 1 aliphatic carbocycles. The number of piperidine rings is 1. The topological polar surface area (TPSA) is 43.8 Å². The number of likely N-dealkylation sites (N-methyl/N-ethyl adjacent to an activating group) is 1. The van der Waals surface area contributed by atoms with Gasteiger partial charge in [-0.3, -0.25) is 9.69 Å². The zero-order valence-corrected chi connectivity index (χ0v) is 12.8. The maximum Gasteiger partial charge on any atom is 0.242 e. The van der Waals surface area contributed by atoms with Gasteiger partial charge in [0.1, 0.15) is 0 Å². The lowest BCUT2D eigenvalue weighted by atomic mass is 9.81. The number of carbonyl (C=O) groups excluding carboxylic acids is 1. The lowest BCUT2D eigenvalue weighted by Crippen LogP contribution is -2.57. The van der Waals surface area contributed by atoms with Crippen LogP contribution < -0.4 is 0 Å². The fourth-order valence-electron chi connectivity index (χ4n) is 4.70. The first-order valence-corrected chi connectivity index (χ1v) is 8.24. The first-order valence-electron chi connectivity index (χ1n) is 8.24. The van der Waals surface area contributed by atoms with E-state index in [1.165, 1.54) is 6.42 Å². The second-order valence-electron chi connectivity index (χ2n) is 7.19. The molecule has 2 saturated heterocycles. The van der Waals surface area contributed by atoms with E-state index in [4.69, 9.17) is 0 Å². The average Bonchev–Trinajstić information content (AvgIpc) is 2.73. The van der Waals surface area contributed by atoms with E-state index in [1.807, 2.05) is 7.05 Å². The lowest BCUT2D eigenvalue weighted by Gasteiger charge is -2.41. The van der Waals surface area contributed by atoms with Crippen LogP contribution in [0, 0.1) is 5.92 Å². The lowest BCUT2D eigenvalue weighted by molar-refractivity contribution is -0.143. The highest BCUT2D eigenvalue weighted by molar-refractivity contribution is 5.86. The van der Waals surface area contributed by atoms with Crippen molar-refractivity contribution in [1.82, 2.24) is 9.80 Å². The first-order chi connectivity index (χ1) is 9.54. The molecule has 3 rings (SSSR count). The highest BCUT2D eigenvalue weighted by Gasteiger charge is 2.55. The van der Waals surface area contributed by atoms with Gasteiger partial charge >= 0.3 is 0 Å². The molecule has 1 N–H and O–H groups in total. The molecule has 0 bridgehead atoms. The van der Waals surface area contributed by atoms with Crippen LogP contribution in [0.3, 0.4) is 0 Å². The van der Waals surface area contributed by atoms with Crippen molar-refractivity contribution in [3.63, 3.8) is 0 Å². The van der Waals surface area contributed by atoms with Gasteiger partial charge in [0.05, 0.1) is 11.6 Å². The summed E-state index contributed by atoms with van der Waals surface area (Å²) in [6, 6.07) is 0.183. The number of rotatable bonds is 1. The molecule has 0 aromatic rings. The molecule has 0 spiro atoms. The number of aliphatic hydroxyl groups is 1. The summed E-state index contributed by atoms with van der Waals surface area (Å²) in [4.78, 5) is 17.2. The van der Waals surface area contributed by atoms with Crippen molar-refractivity contribution >= 4 is 5.91 Å². The van der Waals surface area contributed by atoms with Gasteiger partial charge in [0, 0.05) is 19.1 Å². The molecule has 3 aliphatic rings. The van der Waals surface area contributed by atoms with Crippen LogP contribution in [-0.4, -0.2) is 58.6 Å². The summed E-state index contributed by atoms with van der Waals surface area (Å²) in [6.07, 6.45) is 7.34. The van der Waals surface area contributed by atoms with Gasteiger partial charge in [-0.25, -0.2) is 0 Å². The predicted molar refractivity (Wildman–Crippen MR) is 78.4 cm³/mol. The molecule has 20 heavy (non-hydrogen) atoms. The number of amides is 1. The molecule has 1 amide bonds. The van der Waals surface area contributed by atoms with Crippen molar-refractivity contribution in [2.24, 2.45) is 5.92 Å². The Morgan fingerprint density at radius 2 is 1.85 bits per heavy atom. The monoisotopic (exact) mass is 280 g/mol. The fourth-order valence-corrected chi connectivity index (χ4v) is 4.70. The van der Waals surface area contributed by atoms with E-state index in [1.54, 1.807) is 0 Å². The smallest absolute Gasteiger partial charge is 0.242 e. The number of carbonyl (C=O) groups is 1. The van der Waals surface area contributed by atoms with Crippen molar-refractivity contribution in [2.75, 3.05) is 20.1 Å². The van der Waals surface area contributed by atoms with Crippen molar-refractivity contribution in [3.05, 3.63) is 0 Å². The Balaban J connectivity index is 1.79. The Labute approximate surface area is 122 Å². The van der Waals surface area contributed by atoms with E-state index in [0.717, 1.165) is 51.6 Å². The molecule has 0 unspecified atom stereocenters. The van der Waals surface area contributed by atoms with Crippen LogP contribution in [0.5, 0.6) is 0 Å². The molecule has 3 fully saturated rings. The van der Waals surface area contributed by atoms with Crippen LogP contribution in [0.15, 0.2) is 0 Å². The van der Waals surface area contributed by atoms with E-state index < -0.39 is 5.54 Å². The molecule has 114 valence electrons. The van der Waals surface area contributed by atoms with Crippen molar-refractivity contribution in [2.45, 2.75) is 69.6 Å². The fraction of sp³-hybridized carbons (Fsp3) is 0.938. The highest BCUT2D eigenvalue weighted by Crippen LogP contribution is 2.45. The van der Waals surface area contributed by atoms with E-state index in [2.05, 4.69) is 16.7 Å². The van der Waals surface area contributed by atoms with Gasteiger partial charge in [-0.15, -0.1) is 0 Å². The average molecular weight is 280 g/mol. The standard InChI is InChI=1S/C16H28N2O2/c1-16(15(20)18-9-4-3-5-10-18)11-12-7-6-8-13(19)14(12)17(16)2/h12-14,19H,3-11H2,1-2H3/t12-,13-,14+,16-/m0/s1. The minimum atomic E-state index is -0.405. The maximum atomic E-state index is 13.0. The van der Waals surface area contributed by atoms with Crippen molar-refractivity contribution in [1.29, 1.82) is 0 Å². The minimum absolute atomic E-state index is 0.183. The maximum absolute atomic E-state index is 13.0. The number of aliphatic hydroxyl groups excluding tert-OH is 1. The minimum Gasteiger partial charge on any atom is -0.391 e. The molecule has 4 nitrogen and oxygen atoms in total. The summed E-state index contributed by atoms with van der Waals surface area (Å²) in [5.41, 5.74) is -0.405. The van der Waals surface area contributed by atoms with Gasteiger partial charge in [0.2, 0.25) is 5.91 Å². The first kappa shape index (κ1) is 14.3. The second-order valence-corrected chi connectivity index (χ2v) is 7.19. The van der Waals surface area contributed by atoms with Crippen molar-refractivity contribution in [3.8, 4) is 0 Å². The van der Waals surface area contributed by atoms with Gasteiger partial charge in [-0.2, -0.15) is 0 Å². The summed E-state index contributed by atoms with van der Waals surface area (Å²) in [5.74, 6) is 0.781. The number of fused-ring (bicyclic) bond motifs is 1. The molecule has 4 heteroatoms. The van der Waals surface area contributed by atoms with Crippen LogP contribution in [0.1, 0.15) is 51.9 Å². The summed E-state index contributed by atoms with van der Waals surface area (Å²) in [7, 11) is 2.04. The van der Waals surface area contributed by atoms with Gasteiger partial charge in [0.15, 0.2) is 0 Å². The summed E-state index contributed by atoms with van der Waals surface area (Å²) in [6.45, 7) is 3.93. The van der Waals surface area contributed by atoms with Crippen LogP contribution in [0.25, 0.3) is 0 Å². The molecular weight excluding hydrogens is 252 g/mol. The van der Waals surface area contributed by atoms with E-state index in [9.17, 15) is 9.90 Å². The van der Waals surface area contributed by atoms with Gasteiger partial charge in [0.25, 0.3) is 0 Å². The van der Waals surface area contributed by atoms with E-state index >= 15 is 0 Å². The Hall–Kier alpha value is -0.610. The molecule has 2 heterocycles. The van der Waals surface area contributed by atoms with E-state index in [0.29, 0.717) is 11.8 Å². The van der Waals surface area contributed by atoms with Gasteiger partial charge < -0.3 is 10.0 Å². The van der Waals surface area contributed by atoms with Gasteiger partial charge in [-0.05, 0) is 58.4 Å².